The Morgan fingerprint density at radius 1 is 1.26 bits per heavy atom. The highest BCUT2D eigenvalue weighted by atomic mass is 19.1. The molecule has 2 aliphatic heterocycles. The zero-order valence-corrected chi connectivity index (χ0v) is 19.6. The Hall–Kier alpha value is -2.91. The molecule has 0 aromatic heterocycles. The van der Waals surface area contributed by atoms with Crippen LogP contribution >= 0.6 is 0 Å². The quantitative estimate of drug-likeness (QED) is 0.581. The number of benzene rings is 1. The molecule has 0 bridgehead atoms. The van der Waals surface area contributed by atoms with Crippen molar-refractivity contribution in [3.05, 3.63) is 35.6 Å². The zero-order chi connectivity index (χ0) is 25.3. The lowest BCUT2D eigenvalue weighted by Gasteiger charge is -2.33. The summed E-state index contributed by atoms with van der Waals surface area (Å²) in [7, 11) is 0. The normalized spacial score (nSPS) is 28.2. The summed E-state index contributed by atoms with van der Waals surface area (Å²) in [4.78, 5) is 52.3. The van der Waals surface area contributed by atoms with Gasteiger partial charge in [0.15, 0.2) is 5.78 Å². The molecule has 0 radical (unpaired) electrons. The Bertz CT molecular complexity index is 1020. The number of rotatable bonds is 8. The van der Waals surface area contributed by atoms with E-state index in [1.54, 1.807) is 0 Å². The first-order chi connectivity index (χ1) is 16.6. The molecular formula is C25H30F3N3O4. The maximum atomic E-state index is 15.8. The minimum absolute atomic E-state index is 0.00561. The van der Waals surface area contributed by atoms with Crippen LogP contribution in [0.15, 0.2) is 24.3 Å². The van der Waals surface area contributed by atoms with Gasteiger partial charge >= 0.3 is 0 Å². The monoisotopic (exact) mass is 493 g/mol. The molecule has 1 aliphatic carbocycles. The first-order valence-corrected chi connectivity index (χ1v) is 12.1. The van der Waals surface area contributed by atoms with Crippen molar-refractivity contribution in [2.24, 2.45) is 17.8 Å². The predicted octanol–water partition coefficient (Wildman–Crippen LogP) is 2.19. The van der Waals surface area contributed by atoms with Crippen LogP contribution < -0.4 is 10.6 Å². The smallest absolute Gasteiger partial charge is 0.265 e. The van der Waals surface area contributed by atoms with Crippen molar-refractivity contribution in [1.82, 2.24) is 15.5 Å². The van der Waals surface area contributed by atoms with Crippen molar-refractivity contribution in [2.75, 3.05) is 19.8 Å². The fourth-order valence-corrected chi connectivity index (χ4v) is 5.80. The Balaban J connectivity index is 1.57. The number of Topliss-reactive ketones (excluding diaryl/α,β-unsaturated/α-hetero) is 1. The molecule has 7 nitrogen and oxygen atoms in total. The number of likely N-dealkylation sites (tertiary alicyclic amines) is 1. The van der Waals surface area contributed by atoms with E-state index < -0.39 is 53.8 Å². The van der Waals surface area contributed by atoms with Crippen molar-refractivity contribution in [3.8, 4) is 0 Å². The first-order valence-electron chi connectivity index (χ1n) is 12.1. The summed E-state index contributed by atoms with van der Waals surface area (Å²) in [5.41, 5.74) is -2.73. The minimum atomic E-state index is -2.57. The van der Waals surface area contributed by atoms with Gasteiger partial charge in [0.05, 0.1) is 6.04 Å². The number of nitrogens with one attached hydrogen (secondary N) is 2. The SMILES string of the molecule is C[C@@](F)(C(=O)N1C[C@@H]2CCC[C@@H]2[C@@H]1C(=O)N[C@@H](C[C@@H]1CCNC1=O)C(=O)CF)c1cccc(F)c1. The minimum Gasteiger partial charge on any atom is -0.356 e. The predicted molar refractivity (Wildman–Crippen MR) is 120 cm³/mol. The molecule has 190 valence electrons. The Labute approximate surface area is 201 Å². The molecule has 1 aromatic rings. The van der Waals surface area contributed by atoms with Crippen LogP contribution in [-0.2, 0) is 24.8 Å². The second kappa shape index (κ2) is 9.99. The summed E-state index contributed by atoms with van der Waals surface area (Å²) in [6, 6.07) is 2.46. The molecular weight excluding hydrogens is 463 g/mol. The third-order valence-corrected chi connectivity index (χ3v) is 7.71. The Morgan fingerprint density at radius 3 is 2.69 bits per heavy atom. The van der Waals surface area contributed by atoms with Gasteiger partial charge in [0.25, 0.3) is 5.91 Å². The maximum Gasteiger partial charge on any atom is 0.265 e. The highest BCUT2D eigenvalue weighted by Crippen LogP contribution is 2.44. The molecule has 3 amide bonds. The first kappa shape index (κ1) is 25.2. The molecule has 4 rings (SSSR count). The van der Waals surface area contributed by atoms with Crippen molar-refractivity contribution < 1.29 is 32.3 Å². The maximum absolute atomic E-state index is 15.8. The molecule has 3 aliphatic rings. The van der Waals surface area contributed by atoms with E-state index in [1.807, 2.05) is 0 Å². The molecule has 2 N–H and O–H groups in total. The van der Waals surface area contributed by atoms with Crippen molar-refractivity contribution in [2.45, 2.75) is 56.8 Å². The third-order valence-electron chi connectivity index (χ3n) is 7.71. The zero-order valence-electron chi connectivity index (χ0n) is 19.6. The Kier molecular flexibility index (Phi) is 7.19. The molecule has 3 fully saturated rings. The fourth-order valence-electron chi connectivity index (χ4n) is 5.80. The van der Waals surface area contributed by atoms with Gasteiger partial charge in [0, 0.05) is 24.6 Å². The van der Waals surface area contributed by atoms with Gasteiger partial charge in [0.1, 0.15) is 18.5 Å². The average Bonchev–Trinajstić information content (AvgIpc) is 3.53. The number of fused-ring (bicyclic) bond motifs is 1. The molecule has 35 heavy (non-hydrogen) atoms. The van der Waals surface area contributed by atoms with Crippen molar-refractivity contribution >= 4 is 23.5 Å². The summed E-state index contributed by atoms with van der Waals surface area (Å²) < 4.78 is 42.8. The van der Waals surface area contributed by atoms with Crippen LogP contribution in [0.5, 0.6) is 0 Å². The summed E-state index contributed by atoms with van der Waals surface area (Å²) in [5, 5.41) is 5.22. The number of carbonyl (C=O) groups is 4. The van der Waals surface area contributed by atoms with Crippen LogP contribution in [0, 0.1) is 23.6 Å². The molecule has 1 aromatic carbocycles. The van der Waals surface area contributed by atoms with E-state index in [0.29, 0.717) is 19.4 Å². The summed E-state index contributed by atoms with van der Waals surface area (Å²) in [5.74, 6) is -4.17. The van der Waals surface area contributed by atoms with Crippen LogP contribution in [0.25, 0.3) is 0 Å². The molecule has 2 saturated heterocycles. The topological polar surface area (TPSA) is 95.6 Å². The van der Waals surface area contributed by atoms with Crippen LogP contribution in [0.4, 0.5) is 13.2 Å². The number of carbonyl (C=O) groups excluding carboxylic acids is 4. The van der Waals surface area contributed by atoms with Gasteiger partial charge in [-0.2, -0.15) is 0 Å². The molecule has 10 heteroatoms. The van der Waals surface area contributed by atoms with Gasteiger partial charge < -0.3 is 15.5 Å². The van der Waals surface area contributed by atoms with Gasteiger partial charge in [-0.15, -0.1) is 0 Å². The van der Waals surface area contributed by atoms with Gasteiger partial charge in [-0.1, -0.05) is 18.6 Å². The van der Waals surface area contributed by atoms with E-state index in [0.717, 1.165) is 31.9 Å². The van der Waals surface area contributed by atoms with Gasteiger partial charge in [-0.3, -0.25) is 19.2 Å². The van der Waals surface area contributed by atoms with Crippen LogP contribution in [0.2, 0.25) is 0 Å². The number of ketones is 1. The number of alkyl halides is 2. The number of halogens is 3. The molecule has 6 atom stereocenters. The van der Waals surface area contributed by atoms with E-state index >= 15 is 4.39 Å². The fraction of sp³-hybridized carbons (Fsp3) is 0.600. The van der Waals surface area contributed by atoms with Crippen LogP contribution in [-0.4, -0.2) is 60.3 Å². The molecule has 0 unspecified atom stereocenters. The third kappa shape index (κ3) is 4.92. The van der Waals surface area contributed by atoms with Gasteiger partial charge in [0.2, 0.25) is 17.5 Å². The lowest BCUT2D eigenvalue weighted by Crippen LogP contribution is -2.55. The highest BCUT2D eigenvalue weighted by molar-refractivity contribution is 5.96. The van der Waals surface area contributed by atoms with Crippen LogP contribution in [0.1, 0.15) is 44.6 Å². The van der Waals surface area contributed by atoms with E-state index in [9.17, 15) is 28.0 Å². The standard InChI is InChI=1S/C25H30F3N3O4/c1-25(28,16-5-3-6-17(27)11-16)24(35)31-13-15-4-2-7-18(15)21(31)23(34)30-19(20(32)12-26)10-14-8-9-29-22(14)33/h3,5-6,11,14-15,18-19,21H,2,4,7-10,12-13H2,1H3,(H,29,33)(H,30,34)/t14-,15-,18-,19-,21+,25-/m0/s1. The second-order valence-electron chi connectivity index (χ2n) is 9.94. The lowest BCUT2D eigenvalue weighted by molar-refractivity contribution is -0.149. The largest absolute Gasteiger partial charge is 0.356 e. The number of hydrogen-bond acceptors (Lipinski definition) is 4. The van der Waals surface area contributed by atoms with E-state index in [4.69, 9.17) is 0 Å². The average molecular weight is 494 g/mol. The van der Waals surface area contributed by atoms with Crippen molar-refractivity contribution in [3.63, 3.8) is 0 Å². The summed E-state index contributed by atoms with van der Waals surface area (Å²) in [6.07, 6.45) is 2.71. The summed E-state index contributed by atoms with van der Waals surface area (Å²) in [6.45, 7) is 0.350. The van der Waals surface area contributed by atoms with Crippen molar-refractivity contribution in [1.29, 1.82) is 0 Å². The number of nitrogens with zero attached hydrogens (tertiary/aromatic N) is 1. The molecule has 0 spiro atoms. The van der Waals surface area contributed by atoms with Crippen LogP contribution in [0.3, 0.4) is 0 Å². The number of hydrogen-bond donors (Lipinski definition) is 2. The molecule has 2 heterocycles. The highest BCUT2D eigenvalue weighted by Gasteiger charge is 2.53. The second-order valence-corrected chi connectivity index (χ2v) is 9.94. The van der Waals surface area contributed by atoms with E-state index in [1.165, 1.54) is 17.0 Å². The van der Waals surface area contributed by atoms with Gasteiger partial charge in [-0.25, -0.2) is 13.2 Å². The lowest BCUT2D eigenvalue weighted by atomic mass is 9.91. The molecule has 1 saturated carbocycles. The van der Waals surface area contributed by atoms with Gasteiger partial charge in [-0.05, 0) is 56.6 Å². The van der Waals surface area contributed by atoms with E-state index in [-0.39, 0.29) is 36.3 Å². The summed E-state index contributed by atoms with van der Waals surface area (Å²) >= 11 is 0. The number of amides is 3. The Morgan fingerprint density at radius 2 is 2.03 bits per heavy atom. The van der Waals surface area contributed by atoms with E-state index in [2.05, 4.69) is 10.6 Å².